The Hall–Kier alpha value is -3.62. The standard InChI is InChI=1S/C16H13N7O2/c1-22(16(24)12-2-3-15-18-20-21-23(15)9-12)10-13-8-14(19-25-13)11-4-6-17-7-5-11/h2-9H,10H2,1H3. The quantitative estimate of drug-likeness (QED) is 0.556. The minimum atomic E-state index is -0.167. The maximum absolute atomic E-state index is 12.6. The molecule has 0 spiro atoms. The first-order valence-electron chi connectivity index (χ1n) is 7.50. The van der Waals surface area contributed by atoms with Crippen LogP contribution < -0.4 is 0 Å². The molecule has 0 saturated carbocycles. The summed E-state index contributed by atoms with van der Waals surface area (Å²) >= 11 is 0. The van der Waals surface area contributed by atoms with E-state index in [1.165, 1.54) is 4.52 Å². The molecule has 0 aliphatic heterocycles. The van der Waals surface area contributed by atoms with Crippen molar-refractivity contribution in [2.24, 2.45) is 0 Å². The van der Waals surface area contributed by atoms with E-state index in [1.54, 1.807) is 42.7 Å². The van der Waals surface area contributed by atoms with Crippen LogP contribution in [0.2, 0.25) is 0 Å². The summed E-state index contributed by atoms with van der Waals surface area (Å²) in [6.07, 6.45) is 4.97. The average Bonchev–Trinajstić information content (AvgIpc) is 3.30. The third-order valence-corrected chi connectivity index (χ3v) is 3.71. The van der Waals surface area contributed by atoms with Crippen molar-refractivity contribution < 1.29 is 9.32 Å². The topological polar surface area (TPSA) is 102 Å². The first kappa shape index (κ1) is 14.9. The number of pyridine rings is 2. The number of nitrogens with zero attached hydrogens (tertiary/aromatic N) is 7. The van der Waals surface area contributed by atoms with E-state index in [2.05, 4.69) is 25.7 Å². The molecule has 0 radical (unpaired) electrons. The Morgan fingerprint density at radius 2 is 2.08 bits per heavy atom. The minimum Gasteiger partial charge on any atom is -0.359 e. The second kappa shape index (κ2) is 6.11. The summed E-state index contributed by atoms with van der Waals surface area (Å²) < 4.78 is 6.79. The largest absolute Gasteiger partial charge is 0.359 e. The van der Waals surface area contributed by atoms with Gasteiger partial charge in [0.1, 0.15) is 5.69 Å². The minimum absolute atomic E-state index is 0.167. The average molecular weight is 335 g/mol. The van der Waals surface area contributed by atoms with E-state index < -0.39 is 0 Å². The third-order valence-electron chi connectivity index (χ3n) is 3.71. The maximum atomic E-state index is 12.6. The monoisotopic (exact) mass is 335 g/mol. The summed E-state index contributed by atoms with van der Waals surface area (Å²) in [7, 11) is 1.70. The zero-order chi connectivity index (χ0) is 17.2. The molecule has 9 nitrogen and oxygen atoms in total. The van der Waals surface area contributed by atoms with Crippen LogP contribution in [0.5, 0.6) is 0 Å². The van der Waals surface area contributed by atoms with Crippen LogP contribution in [0.15, 0.2) is 53.4 Å². The van der Waals surface area contributed by atoms with E-state index >= 15 is 0 Å². The number of hydrogen-bond donors (Lipinski definition) is 0. The highest BCUT2D eigenvalue weighted by atomic mass is 16.5. The smallest absolute Gasteiger partial charge is 0.255 e. The lowest BCUT2D eigenvalue weighted by Gasteiger charge is -2.15. The fraction of sp³-hybridized carbons (Fsp3) is 0.125. The van der Waals surface area contributed by atoms with Crippen molar-refractivity contribution in [1.82, 2.24) is 35.1 Å². The van der Waals surface area contributed by atoms with Gasteiger partial charge in [-0.3, -0.25) is 9.78 Å². The van der Waals surface area contributed by atoms with Gasteiger partial charge in [0.05, 0.1) is 12.1 Å². The second-order valence-corrected chi connectivity index (χ2v) is 5.47. The maximum Gasteiger partial charge on any atom is 0.255 e. The number of amides is 1. The van der Waals surface area contributed by atoms with Gasteiger partial charge in [-0.1, -0.05) is 5.16 Å². The number of rotatable bonds is 4. The van der Waals surface area contributed by atoms with Crippen LogP contribution >= 0.6 is 0 Å². The van der Waals surface area contributed by atoms with Crippen molar-refractivity contribution >= 4 is 11.6 Å². The molecule has 0 saturated heterocycles. The SMILES string of the molecule is CN(Cc1cc(-c2ccncc2)no1)C(=O)c1ccc2nnnn2c1. The van der Waals surface area contributed by atoms with Gasteiger partial charge in [-0.05, 0) is 34.7 Å². The fourth-order valence-corrected chi connectivity index (χ4v) is 2.44. The summed E-state index contributed by atoms with van der Waals surface area (Å²) in [5.41, 5.74) is 2.67. The molecule has 25 heavy (non-hydrogen) atoms. The summed E-state index contributed by atoms with van der Waals surface area (Å²) in [6.45, 7) is 0.296. The molecule has 0 atom stereocenters. The van der Waals surface area contributed by atoms with Gasteiger partial charge in [0, 0.05) is 37.3 Å². The number of carbonyl (C=O) groups is 1. The molecule has 4 aromatic heterocycles. The van der Waals surface area contributed by atoms with E-state index in [-0.39, 0.29) is 5.91 Å². The van der Waals surface area contributed by atoms with Gasteiger partial charge in [0.25, 0.3) is 5.91 Å². The summed E-state index contributed by atoms with van der Waals surface area (Å²) in [6, 6.07) is 8.88. The Bertz CT molecular complexity index is 1030. The number of aromatic nitrogens is 6. The first-order valence-corrected chi connectivity index (χ1v) is 7.50. The number of carbonyl (C=O) groups excluding carboxylic acids is 1. The zero-order valence-corrected chi connectivity index (χ0v) is 13.3. The summed E-state index contributed by atoms with van der Waals surface area (Å²) in [5.74, 6) is 0.422. The van der Waals surface area contributed by atoms with Gasteiger partial charge < -0.3 is 9.42 Å². The highest BCUT2D eigenvalue weighted by molar-refractivity contribution is 5.94. The van der Waals surface area contributed by atoms with Crippen LogP contribution in [-0.4, -0.2) is 48.0 Å². The molecule has 124 valence electrons. The van der Waals surface area contributed by atoms with E-state index in [0.29, 0.717) is 29.2 Å². The molecular weight excluding hydrogens is 322 g/mol. The van der Waals surface area contributed by atoms with Crippen molar-refractivity contribution in [1.29, 1.82) is 0 Å². The molecule has 4 aromatic rings. The Labute approximate surface area is 141 Å². The molecule has 0 bridgehead atoms. The van der Waals surface area contributed by atoms with E-state index in [4.69, 9.17) is 4.52 Å². The lowest BCUT2D eigenvalue weighted by atomic mass is 10.2. The lowest BCUT2D eigenvalue weighted by molar-refractivity contribution is 0.0771. The van der Waals surface area contributed by atoms with Crippen molar-refractivity contribution in [3.63, 3.8) is 0 Å². The van der Waals surface area contributed by atoms with Crippen molar-refractivity contribution in [2.45, 2.75) is 6.54 Å². The van der Waals surface area contributed by atoms with Crippen molar-refractivity contribution in [3.05, 3.63) is 60.2 Å². The van der Waals surface area contributed by atoms with Crippen molar-refractivity contribution in [3.8, 4) is 11.3 Å². The molecule has 0 N–H and O–H groups in total. The molecule has 0 aliphatic carbocycles. The van der Waals surface area contributed by atoms with Crippen LogP contribution in [0.3, 0.4) is 0 Å². The summed E-state index contributed by atoms with van der Waals surface area (Å²) in [4.78, 5) is 18.1. The molecule has 0 aliphatic rings. The van der Waals surface area contributed by atoms with Gasteiger partial charge in [-0.2, -0.15) is 4.52 Å². The van der Waals surface area contributed by atoms with Gasteiger partial charge in [0.2, 0.25) is 0 Å². The van der Waals surface area contributed by atoms with Crippen LogP contribution in [0, 0.1) is 0 Å². The van der Waals surface area contributed by atoms with Crippen LogP contribution in [-0.2, 0) is 6.54 Å². The van der Waals surface area contributed by atoms with Gasteiger partial charge >= 0.3 is 0 Å². The Kier molecular flexibility index (Phi) is 3.65. The van der Waals surface area contributed by atoms with Crippen LogP contribution in [0.1, 0.15) is 16.1 Å². The first-order chi connectivity index (χ1) is 12.2. The van der Waals surface area contributed by atoms with E-state index in [1.807, 2.05) is 18.2 Å². The number of hydrogen-bond acceptors (Lipinski definition) is 7. The van der Waals surface area contributed by atoms with Crippen LogP contribution in [0.4, 0.5) is 0 Å². The highest BCUT2D eigenvalue weighted by Gasteiger charge is 2.16. The fourth-order valence-electron chi connectivity index (χ4n) is 2.44. The Morgan fingerprint density at radius 3 is 2.92 bits per heavy atom. The zero-order valence-electron chi connectivity index (χ0n) is 13.3. The molecule has 0 unspecified atom stereocenters. The number of fused-ring (bicyclic) bond motifs is 1. The Morgan fingerprint density at radius 1 is 1.24 bits per heavy atom. The van der Waals surface area contributed by atoms with Crippen molar-refractivity contribution in [2.75, 3.05) is 7.05 Å². The summed E-state index contributed by atoms with van der Waals surface area (Å²) in [5, 5.41) is 15.2. The third kappa shape index (κ3) is 2.94. The van der Waals surface area contributed by atoms with Gasteiger partial charge in [-0.15, -0.1) is 5.10 Å². The van der Waals surface area contributed by atoms with Gasteiger partial charge in [-0.25, -0.2) is 0 Å². The molecule has 9 heteroatoms. The molecular formula is C16H13N7O2. The normalized spacial score (nSPS) is 10.9. The molecule has 4 rings (SSSR count). The number of tetrazole rings is 1. The molecule has 1 amide bonds. The van der Waals surface area contributed by atoms with Gasteiger partial charge in [0.15, 0.2) is 11.4 Å². The Balaban J connectivity index is 1.50. The molecule has 4 heterocycles. The molecule has 0 fully saturated rings. The van der Waals surface area contributed by atoms with E-state index in [9.17, 15) is 4.79 Å². The van der Waals surface area contributed by atoms with E-state index in [0.717, 1.165) is 5.56 Å². The highest BCUT2D eigenvalue weighted by Crippen LogP contribution is 2.19. The predicted molar refractivity (Wildman–Crippen MR) is 86.3 cm³/mol. The predicted octanol–water partition coefficient (Wildman–Crippen LogP) is 1.45. The van der Waals surface area contributed by atoms with Crippen LogP contribution in [0.25, 0.3) is 16.9 Å². The second-order valence-electron chi connectivity index (χ2n) is 5.47. The lowest BCUT2D eigenvalue weighted by Crippen LogP contribution is -2.26. The molecule has 0 aromatic carbocycles.